The van der Waals surface area contributed by atoms with Gasteiger partial charge in [0.25, 0.3) is 0 Å². The van der Waals surface area contributed by atoms with Gasteiger partial charge in [0.1, 0.15) is 29.6 Å². The molecule has 0 aliphatic heterocycles. The number of aromatic nitrogens is 3. The Labute approximate surface area is 114 Å². The highest BCUT2D eigenvalue weighted by Gasteiger charge is 2.16. The zero-order valence-electron chi connectivity index (χ0n) is 10.7. The molecule has 0 saturated carbocycles. The number of H-pyrrole nitrogens is 1. The van der Waals surface area contributed by atoms with E-state index in [4.69, 9.17) is 10.5 Å². The molecule has 3 rings (SSSR count). The highest BCUT2D eigenvalue weighted by atomic mass is 16.5. The lowest BCUT2D eigenvalue weighted by molar-refractivity contribution is 0.415. The molecule has 6 heteroatoms. The number of benzene rings is 1. The number of nitrogens with one attached hydrogen (secondary N) is 1. The Bertz CT molecular complexity index is 814. The fourth-order valence-electron chi connectivity index (χ4n) is 2.13. The second-order valence-electron chi connectivity index (χ2n) is 4.20. The average Bonchev–Trinajstić information content (AvgIpc) is 2.87. The number of nitrogens with zero attached hydrogens (tertiary/aromatic N) is 3. The minimum atomic E-state index is 0.294. The van der Waals surface area contributed by atoms with Crippen molar-refractivity contribution in [1.82, 2.24) is 15.0 Å². The van der Waals surface area contributed by atoms with Crippen molar-refractivity contribution >= 4 is 16.9 Å². The number of rotatable bonds is 2. The van der Waals surface area contributed by atoms with E-state index in [1.807, 2.05) is 24.3 Å². The molecule has 98 valence electrons. The van der Waals surface area contributed by atoms with Gasteiger partial charge >= 0.3 is 0 Å². The number of methoxy groups -OCH3 is 1. The smallest absolute Gasteiger partial charge is 0.144 e. The lowest BCUT2D eigenvalue weighted by Gasteiger charge is -2.02. The molecular formula is C14H11N5O. The van der Waals surface area contributed by atoms with Gasteiger partial charge in [-0.2, -0.15) is 5.26 Å². The molecular weight excluding hydrogens is 254 g/mol. The number of hydrogen-bond acceptors (Lipinski definition) is 5. The summed E-state index contributed by atoms with van der Waals surface area (Å²) in [7, 11) is 1.61. The van der Waals surface area contributed by atoms with Crippen molar-refractivity contribution in [3.05, 3.63) is 36.2 Å². The van der Waals surface area contributed by atoms with Crippen LogP contribution >= 0.6 is 0 Å². The van der Waals surface area contributed by atoms with Crippen molar-refractivity contribution in [2.45, 2.75) is 0 Å². The highest BCUT2D eigenvalue weighted by molar-refractivity contribution is 5.97. The molecule has 3 N–H and O–H groups in total. The summed E-state index contributed by atoms with van der Waals surface area (Å²) in [5, 5.41) is 9.94. The quantitative estimate of drug-likeness (QED) is 0.738. The topological polar surface area (TPSA) is 101 Å². The Kier molecular flexibility index (Phi) is 2.73. The monoisotopic (exact) mass is 265 g/mol. The first-order valence-corrected chi connectivity index (χ1v) is 5.91. The molecule has 0 radical (unpaired) electrons. The second-order valence-corrected chi connectivity index (χ2v) is 4.20. The van der Waals surface area contributed by atoms with Crippen LogP contribution in [-0.2, 0) is 0 Å². The van der Waals surface area contributed by atoms with E-state index in [1.54, 1.807) is 7.11 Å². The van der Waals surface area contributed by atoms with E-state index < -0.39 is 0 Å². The molecule has 0 bridgehead atoms. The van der Waals surface area contributed by atoms with E-state index in [2.05, 4.69) is 21.0 Å². The molecule has 0 fully saturated rings. The summed E-state index contributed by atoms with van der Waals surface area (Å²) in [6.07, 6.45) is 1.37. The van der Waals surface area contributed by atoms with Crippen molar-refractivity contribution in [3.63, 3.8) is 0 Å². The van der Waals surface area contributed by atoms with Crippen LogP contribution in [0.4, 0.5) is 5.82 Å². The normalized spacial score (nSPS) is 10.4. The molecule has 2 aromatic heterocycles. The van der Waals surface area contributed by atoms with Crippen LogP contribution in [0.25, 0.3) is 22.3 Å². The minimum absolute atomic E-state index is 0.294. The fourth-order valence-corrected chi connectivity index (χ4v) is 2.13. The maximum Gasteiger partial charge on any atom is 0.144 e. The van der Waals surface area contributed by atoms with Crippen LogP contribution in [0.5, 0.6) is 5.75 Å². The largest absolute Gasteiger partial charge is 0.497 e. The molecule has 0 spiro atoms. The molecule has 0 aliphatic carbocycles. The second kappa shape index (κ2) is 4.55. The first kappa shape index (κ1) is 12.0. The molecule has 2 heterocycles. The summed E-state index contributed by atoms with van der Waals surface area (Å²) in [5.41, 5.74) is 8.37. The summed E-state index contributed by atoms with van der Waals surface area (Å²) in [6, 6.07) is 9.56. The van der Waals surface area contributed by atoms with Gasteiger partial charge in [0.15, 0.2) is 0 Å². The van der Waals surface area contributed by atoms with Crippen LogP contribution in [0, 0.1) is 11.3 Å². The molecule has 20 heavy (non-hydrogen) atoms. The molecule has 1 aromatic carbocycles. The van der Waals surface area contributed by atoms with E-state index in [-0.39, 0.29) is 0 Å². The predicted molar refractivity (Wildman–Crippen MR) is 75.0 cm³/mol. The van der Waals surface area contributed by atoms with Crippen LogP contribution < -0.4 is 10.5 Å². The van der Waals surface area contributed by atoms with Crippen LogP contribution in [0.15, 0.2) is 30.6 Å². The summed E-state index contributed by atoms with van der Waals surface area (Å²) in [6.45, 7) is 0. The van der Waals surface area contributed by atoms with Crippen molar-refractivity contribution in [2.24, 2.45) is 0 Å². The number of hydrogen-bond donors (Lipinski definition) is 2. The Hall–Kier alpha value is -3.07. The Morgan fingerprint density at radius 3 is 2.65 bits per heavy atom. The lowest BCUT2D eigenvalue weighted by Crippen LogP contribution is -1.92. The number of anilines is 1. The number of nitrogen functional groups attached to an aromatic ring is 1. The van der Waals surface area contributed by atoms with Crippen LogP contribution in [0.3, 0.4) is 0 Å². The van der Waals surface area contributed by atoms with Crippen molar-refractivity contribution in [2.75, 3.05) is 12.8 Å². The van der Waals surface area contributed by atoms with Crippen molar-refractivity contribution in [1.29, 1.82) is 5.26 Å². The first-order chi connectivity index (χ1) is 9.74. The van der Waals surface area contributed by atoms with E-state index in [9.17, 15) is 5.26 Å². The Balaban J connectivity index is 2.25. The van der Waals surface area contributed by atoms with Gasteiger partial charge in [-0.25, -0.2) is 9.97 Å². The molecule has 0 amide bonds. The van der Waals surface area contributed by atoms with Crippen molar-refractivity contribution in [3.8, 4) is 23.1 Å². The lowest BCUT2D eigenvalue weighted by atomic mass is 10.1. The minimum Gasteiger partial charge on any atom is -0.497 e. The number of nitriles is 1. The summed E-state index contributed by atoms with van der Waals surface area (Å²) >= 11 is 0. The maximum atomic E-state index is 9.39. The van der Waals surface area contributed by atoms with E-state index >= 15 is 0 Å². The van der Waals surface area contributed by atoms with Crippen molar-refractivity contribution < 1.29 is 4.74 Å². The SMILES string of the molecule is COc1ccc(-c2[nH]c3ncnc(N)c3c2C#N)cc1. The first-order valence-electron chi connectivity index (χ1n) is 5.91. The van der Waals surface area contributed by atoms with Gasteiger partial charge < -0.3 is 15.5 Å². The van der Waals surface area contributed by atoms with Gasteiger partial charge in [-0.1, -0.05) is 0 Å². The summed E-state index contributed by atoms with van der Waals surface area (Å²) < 4.78 is 5.12. The molecule has 0 unspecified atom stereocenters. The number of aromatic amines is 1. The zero-order valence-corrected chi connectivity index (χ0v) is 10.7. The van der Waals surface area contributed by atoms with Crippen LogP contribution in [0.1, 0.15) is 5.56 Å². The third kappa shape index (κ3) is 1.73. The molecule has 0 saturated heterocycles. The maximum absolute atomic E-state index is 9.39. The van der Waals surface area contributed by atoms with Gasteiger partial charge in [0, 0.05) is 0 Å². The summed E-state index contributed by atoms with van der Waals surface area (Å²) in [5.74, 6) is 1.05. The number of fused-ring (bicyclic) bond motifs is 1. The molecule has 3 aromatic rings. The van der Waals surface area contributed by atoms with E-state index in [0.29, 0.717) is 28.1 Å². The van der Waals surface area contributed by atoms with Gasteiger partial charge in [-0.3, -0.25) is 0 Å². The number of ether oxygens (including phenoxy) is 1. The Morgan fingerprint density at radius 1 is 1.25 bits per heavy atom. The van der Waals surface area contributed by atoms with Crippen LogP contribution in [-0.4, -0.2) is 22.1 Å². The third-order valence-corrected chi connectivity index (χ3v) is 3.11. The molecule has 0 atom stereocenters. The summed E-state index contributed by atoms with van der Waals surface area (Å²) in [4.78, 5) is 11.1. The molecule has 6 nitrogen and oxygen atoms in total. The van der Waals surface area contributed by atoms with Gasteiger partial charge in [-0.15, -0.1) is 0 Å². The fraction of sp³-hybridized carbons (Fsp3) is 0.0714. The zero-order chi connectivity index (χ0) is 14.1. The van der Waals surface area contributed by atoms with Crippen LogP contribution in [0.2, 0.25) is 0 Å². The number of nitrogens with two attached hydrogens (primary N) is 1. The Morgan fingerprint density at radius 2 is 2.00 bits per heavy atom. The van der Waals surface area contributed by atoms with E-state index in [0.717, 1.165) is 11.3 Å². The molecule has 0 aliphatic rings. The standard InChI is InChI=1S/C14H11N5O/c1-20-9-4-2-8(3-5-9)12-10(6-15)11-13(16)17-7-18-14(11)19-12/h2-5,7H,1H3,(H3,16,17,18,19). The van der Waals surface area contributed by atoms with E-state index in [1.165, 1.54) is 6.33 Å². The van der Waals surface area contributed by atoms with Gasteiger partial charge in [-0.05, 0) is 29.8 Å². The van der Waals surface area contributed by atoms with Gasteiger partial charge in [0.2, 0.25) is 0 Å². The third-order valence-electron chi connectivity index (χ3n) is 3.11. The van der Waals surface area contributed by atoms with Gasteiger partial charge in [0.05, 0.1) is 23.8 Å². The predicted octanol–water partition coefficient (Wildman–Crippen LogP) is 2.09. The average molecular weight is 265 g/mol. The highest BCUT2D eigenvalue weighted by Crippen LogP contribution is 2.31.